The van der Waals surface area contributed by atoms with Crippen LogP contribution in [-0.4, -0.2) is 5.78 Å². The Morgan fingerprint density at radius 1 is 1.62 bits per heavy atom. The van der Waals surface area contributed by atoms with Gasteiger partial charge in [-0.1, -0.05) is 15.9 Å². The first-order chi connectivity index (χ1) is 6.02. The molecule has 1 atom stereocenters. The Bertz CT molecular complexity index is 340. The SMILES string of the molecule is CC(=O)C(Cl)c1cc(S)ccc1Br. The molecule has 0 aromatic heterocycles. The fourth-order valence-corrected chi connectivity index (χ4v) is 1.95. The third-order valence-corrected chi connectivity index (χ3v) is 3.15. The van der Waals surface area contributed by atoms with Crippen molar-refractivity contribution in [3.63, 3.8) is 0 Å². The van der Waals surface area contributed by atoms with Crippen LogP contribution in [0.2, 0.25) is 0 Å². The van der Waals surface area contributed by atoms with E-state index in [1.807, 2.05) is 12.1 Å². The largest absolute Gasteiger partial charge is 0.298 e. The van der Waals surface area contributed by atoms with Crippen molar-refractivity contribution in [2.24, 2.45) is 0 Å². The van der Waals surface area contributed by atoms with Gasteiger partial charge < -0.3 is 0 Å². The molecule has 0 heterocycles. The van der Waals surface area contributed by atoms with E-state index >= 15 is 0 Å². The van der Waals surface area contributed by atoms with Crippen LogP contribution in [0.1, 0.15) is 17.9 Å². The van der Waals surface area contributed by atoms with E-state index < -0.39 is 5.38 Å². The number of rotatable bonds is 2. The van der Waals surface area contributed by atoms with Gasteiger partial charge in [-0.2, -0.15) is 0 Å². The van der Waals surface area contributed by atoms with Gasteiger partial charge in [-0.25, -0.2) is 0 Å². The number of halogens is 2. The van der Waals surface area contributed by atoms with Gasteiger partial charge in [-0.05, 0) is 30.7 Å². The third kappa shape index (κ3) is 2.73. The minimum atomic E-state index is -0.596. The molecule has 0 radical (unpaired) electrons. The molecule has 4 heteroatoms. The topological polar surface area (TPSA) is 17.1 Å². The second-order valence-electron chi connectivity index (χ2n) is 2.68. The molecule has 0 spiro atoms. The highest BCUT2D eigenvalue weighted by molar-refractivity contribution is 9.10. The number of ketones is 1. The first-order valence-electron chi connectivity index (χ1n) is 3.65. The Morgan fingerprint density at radius 2 is 2.23 bits per heavy atom. The van der Waals surface area contributed by atoms with Gasteiger partial charge in [0.25, 0.3) is 0 Å². The molecule has 0 aliphatic heterocycles. The first-order valence-corrected chi connectivity index (χ1v) is 5.33. The van der Waals surface area contributed by atoms with Crippen LogP contribution < -0.4 is 0 Å². The Morgan fingerprint density at radius 3 is 2.77 bits per heavy atom. The van der Waals surface area contributed by atoms with E-state index in [0.29, 0.717) is 0 Å². The number of benzene rings is 1. The van der Waals surface area contributed by atoms with Crippen LogP contribution in [0.4, 0.5) is 0 Å². The molecule has 0 saturated heterocycles. The smallest absolute Gasteiger partial charge is 0.152 e. The Balaban J connectivity index is 3.12. The van der Waals surface area contributed by atoms with Gasteiger partial charge in [-0.3, -0.25) is 4.79 Å². The summed E-state index contributed by atoms with van der Waals surface area (Å²) in [6, 6.07) is 5.45. The number of thiol groups is 1. The lowest BCUT2D eigenvalue weighted by atomic mass is 10.1. The summed E-state index contributed by atoms with van der Waals surface area (Å²) in [5.41, 5.74) is 0.765. The van der Waals surface area contributed by atoms with Crippen molar-refractivity contribution in [3.8, 4) is 0 Å². The molecule has 0 aliphatic carbocycles. The summed E-state index contributed by atoms with van der Waals surface area (Å²) in [6.07, 6.45) is 0. The highest BCUT2D eigenvalue weighted by atomic mass is 79.9. The minimum Gasteiger partial charge on any atom is -0.298 e. The average Bonchev–Trinajstić information content (AvgIpc) is 2.08. The van der Waals surface area contributed by atoms with Crippen LogP contribution in [-0.2, 0) is 4.79 Å². The molecule has 1 unspecified atom stereocenters. The van der Waals surface area contributed by atoms with Crippen molar-refractivity contribution in [2.75, 3.05) is 0 Å². The molecule has 0 fully saturated rings. The van der Waals surface area contributed by atoms with Crippen molar-refractivity contribution in [3.05, 3.63) is 28.2 Å². The van der Waals surface area contributed by atoms with Gasteiger partial charge in [0.1, 0.15) is 5.38 Å². The van der Waals surface area contributed by atoms with Crippen molar-refractivity contribution in [2.45, 2.75) is 17.2 Å². The Labute approximate surface area is 96.0 Å². The third-order valence-electron chi connectivity index (χ3n) is 1.61. The van der Waals surface area contributed by atoms with E-state index in [1.165, 1.54) is 6.92 Å². The van der Waals surface area contributed by atoms with Crippen molar-refractivity contribution in [1.82, 2.24) is 0 Å². The lowest BCUT2D eigenvalue weighted by molar-refractivity contribution is -0.116. The van der Waals surface area contributed by atoms with E-state index in [-0.39, 0.29) is 5.78 Å². The molecule has 0 aliphatic rings. The zero-order valence-corrected chi connectivity index (χ0v) is 10.2. The van der Waals surface area contributed by atoms with Gasteiger partial charge in [0.15, 0.2) is 5.78 Å². The molecule has 1 aromatic carbocycles. The maximum Gasteiger partial charge on any atom is 0.152 e. The van der Waals surface area contributed by atoms with Gasteiger partial charge in [0, 0.05) is 9.37 Å². The number of Topliss-reactive ketones (excluding diaryl/α,β-unsaturated/α-hetero) is 1. The monoisotopic (exact) mass is 278 g/mol. The average molecular weight is 280 g/mol. The number of carbonyl (C=O) groups is 1. The molecule has 0 saturated carbocycles. The lowest BCUT2D eigenvalue weighted by Crippen LogP contribution is -2.02. The standard InChI is InChI=1S/C9H8BrClOS/c1-5(12)9(11)7-4-6(13)2-3-8(7)10/h2-4,9,13H,1H3. The Kier molecular flexibility index (Phi) is 3.83. The minimum absolute atomic E-state index is 0.0682. The number of hydrogen-bond donors (Lipinski definition) is 1. The van der Waals surface area contributed by atoms with E-state index in [0.717, 1.165) is 14.9 Å². The summed E-state index contributed by atoms with van der Waals surface area (Å²) in [4.78, 5) is 11.8. The summed E-state index contributed by atoms with van der Waals surface area (Å²) >= 11 is 13.4. The maximum absolute atomic E-state index is 11.0. The lowest BCUT2D eigenvalue weighted by Gasteiger charge is -2.08. The molecule has 1 aromatic rings. The maximum atomic E-state index is 11.0. The summed E-state index contributed by atoms with van der Waals surface area (Å²) < 4.78 is 0.834. The van der Waals surface area contributed by atoms with E-state index in [2.05, 4.69) is 28.6 Å². The van der Waals surface area contributed by atoms with Gasteiger partial charge in [0.2, 0.25) is 0 Å². The van der Waals surface area contributed by atoms with E-state index in [9.17, 15) is 4.79 Å². The fourth-order valence-electron chi connectivity index (χ4n) is 0.944. The number of alkyl halides is 1. The summed E-state index contributed by atoms with van der Waals surface area (Å²) in [5, 5.41) is -0.596. The van der Waals surface area contributed by atoms with Crippen LogP contribution >= 0.6 is 40.2 Å². The summed E-state index contributed by atoms with van der Waals surface area (Å²) in [6.45, 7) is 1.47. The molecule has 0 bridgehead atoms. The first kappa shape index (κ1) is 11.1. The normalized spacial score (nSPS) is 12.6. The highest BCUT2D eigenvalue weighted by Gasteiger charge is 2.15. The van der Waals surface area contributed by atoms with Crippen LogP contribution in [0.15, 0.2) is 27.6 Å². The zero-order valence-electron chi connectivity index (χ0n) is 6.92. The summed E-state index contributed by atoms with van der Waals surface area (Å²) in [5.74, 6) is -0.0682. The molecule has 0 amide bonds. The van der Waals surface area contributed by atoms with E-state index in [1.54, 1.807) is 6.07 Å². The van der Waals surface area contributed by atoms with Crippen LogP contribution in [0, 0.1) is 0 Å². The van der Waals surface area contributed by atoms with Crippen molar-refractivity contribution >= 4 is 45.9 Å². The molecule has 1 rings (SSSR count). The highest BCUT2D eigenvalue weighted by Crippen LogP contribution is 2.30. The molecule has 13 heavy (non-hydrogen) atoms. The molecular weight excluding hydrogens is 272 g/mol. The van der Waals surface area contributed by atoms with Crippen molar-refractivity contribution in [1.29, 1.82) is 0 Å². The molecule has 70 valence electrons. The number of hydrogen-bond acceptors (Lipinski definition) is 2. The molecule has 1 nitrogen and oxygen atoms in total. The van der Waals surface area contributed by atoms with Crippen LogP contribution in [0.3, 0.4) is 0 Å². The summed E-state index contributed by atoms with van der Waals surface area (Å²) in [7, 11) is 0. The Hall–Kier alpha value is 0.01000. The molecular formula is C9H8BrClOS. The van der Waals surface area contributed by atoms with Gasteiger partial charge in [-0.15, -0.1) is 24.2 Å². The van der Waals surface area contributed by atoms with Gasteiger partial charge >= 0.3 is 0 Å². The number of carbonyl (C=O) groups excluding carboxylic acids is 1. The van der Waals surface area contributed by atoms with E-state index in [4.69, 9.17) is 11.6 Å². The van der Waals surface area contributed by atoms with Gasteiger partial charge in [0.05, 0.1) is 0 Å². The quantitative estimate of drug-likeness (QED) is 0.646. The van der Waals surface area contributed by atoms with Crippen LogP contribution in [0.25, 0.3) is 0 Å². The van der Waals surface area contributed by atoms with Crippen LogP contribution in [0.5, 0.6) is 0 Å². The second kappa shape index (κ2) is 4.49. The predicted molar refractivity (Wildman–Crippen MR) is 60.7 cm³/mol. The second-order valence-corrected chi connectivity index (χ2v) is 4.49. The molecule has 0 N–H and O–H groups in total. The zero-order chi connectivity index (χ0) is 10.0. The predicted octanol–water partition coefficient (Wildman–Crippen LogP) is 3.61. The van der Waals surface area contributed by atoms with Crippen molar-refractivity contribution < 1.29 is 4.79 Å². The fraction of sp³-hybridized carbons (Fsp3) is 0.222.